The molecule has 27 heavy (non-hydrogen) atoms. The van der Waals surface area contributed by atoms with Crippen LogP contribution in [-0.4, -0.2) is 40.7 Å². The van der Waals surface area contributed by atoms with Gasteiger partial charge in [0, 0.05) is 25.5 Å². The number of hydrogen-bond donors (Lipinski definition) is 2. The van der Waals surface area contributed by atoms with Crippen LogP contribution in [0, 0.1) is 11.6 Å². The molecular formula is C18H18F2N2O5. The molecule has 0 radical (unpaired) electrons. The largest absolute Gasteiger partial charge is 0.481 e. The molecule has 0 aliphatic carbocycles. The fourth-order valence-electron chi connectivity index (χ4n) is 3.00. The Balaban J connectivity index is 1.59. The molecule has 0 spiro atoms. The zero-order chi connectivity index (χ0) is 19.4. The molecule has 3 rings (SSSR count). The highest BCUT2D eigenvalue weighted by atomic mass is 19.1. The lowest BCUT2D eigenvalue weighted by Crippen LogP contribution is -2.50. The lowest BCUT2D eigenvalue weighted by Gasteiger charge is -2.26. The molecule has 144 valence electrons. The number of carboxylic acid groups (broad SMARTS) is 1. The molecule has 2 heterocycles. The fraction of sp³-hybridized carbons (Fsp3) is 0.389. The van der Waals surface area contributed by atoms with Crippen molar-refractivity contribution in [3.8, 4) is 11.3 Å². The molecule has 1 saturated heterocycles. The van der Waals surface area contributed by atoms with Crippen LogP contribution in [-0.2, 0) is 20.7 Å². The van der Waals surface area contributed by atoms with Crippen LogP contribution in [0.5, 0.6) is 0 Å². The highest BCUT2D eigenvalue weighted by Crippen LogP contribution is 2.25. The summed E-state index contributed by atoms with van der Waals surface area (Å²) < 4.78 is 37.4. The van der Waals surface area contributed by atoms with Gasteiger partial charge in [-0.1, -0.05) is 0 Å². The average Bonchev–Trinajstić information content (AvgIpc) is 3.22. The van der Waals surface area contributed by atoms with Gasteiger partial charge in [-0.2, -0.15) is 0 Å². The summed E-state index contributed by atoms with van der Waals surface area (Å²) in [7, 11) is 0. The summed E-state index contributed by atoms with van der Waals surface area (Å²) in [4.78, 5) is 27.2. The first-order valence-corrected chi connectivity index (χ1v) is 8.38. The zero-order valence-electron chi connectivity index (χ0n) is 14.3. The summed E-state index contributed by atoms with van der Waals surface area (Å²) in [6.07, 6.45) is 1.69. The fourth-order valence-corrected chi connectivity index (χ4v) is 3.00. The monoisotopic (exact) mass is 380 g/mol. The number of halogens is 2. The van der Waals surface area contributed by atoms with Gasteiger partial charge in [0.15, 0.2) is 11.7 Å². The van der Waals surface area contributed by atoms with Crippen molar-refractivity contribution in [1.82, 2.24) is 10.3 Å². The van der Waals surface area contributed by atoms with E-state index in [9.17, 15) is 18.4 Å². The lowest BCUT2D eigenvalue weighted by molar-refractivity contribution is -0.139. The second kappa shape index (κ2) is 7.83. The number of hydrogen-bond acceptors (Lipinski definition) is 5. The van der Waals surface area contributed by atoms with E-state index in [2.05, 4.69) is 10.3 Å². The molecule has 2 N–H and O–H groups in total. The van der Waals surface area contributed by atoms with Crippen molar-refractivity contribution in [2.45, 2.75) is 31.2 Å². The van der Waals surface area contributed by atoms with Crippen LogP contribution in [0.1, 0.15) is 25.2 Å². The predicted molar refractivity (Wildman–Crippen MR) is 88.7 cm³/mol. The first kappa shape index (κ1) is 19.0. The van der Waals surface area contributed by atoms with E-state index in [-0.39, 0.29) is 49.0 Å². The Hall–Kier alpha value is -2.81. The summed E-state index contributed by atoms with van der Waals surface area (Å²) in [6.45, 7) is 0.540. The Morgan fingerprint density at radius 2 is 2.15 bits per heavy atom. The van der Waals surface area contributed by atoms with Crippen molar-refractivity contribution in [2.75, 3.05) is 13.2 Å². The van der Waals surface area contributed by atoms with Crippen molar-refractivity contribution >= 4 is 11.9 Å². The Morgan fingerprint density at radius 1 is 1.33 bits per heavy atom. The van der Waals surface area contributed by atoms with Crippen LogP contribution in [0.25, 0.3) is 11.3 Å². The number of aromatic nitrogens is 1. The average molecular weight is 380 g/mol. The maximum atomic E-state index is 13.8. The molecular weight excluding hydrogens is 362 g/mol. The second-order valence-electron chi connectivity index (χ2n) is 6.44. The maximum absolute atomic E-state index is 13.8. The predicted octanol–water partition coefficient (Wildman–Crippen LogP) is 2.30. The third kappa shape index (κ3) is 4.68. The number of benzene rings is 1. The quantitative estimate of drug-likeness (QED) is 0.764. The minimum absolute atomic E-state index is 0.0211. The number of carboxylic acids is 1. The van der Waals surface area contributed by atoms with E-state index < -0.39 is 23.1 Å². The van der Waals surface area contributed by atoms with Crippen LogP contribution >= 0.6 is 0 Å². The Bertz CT molecular complexity index is 846. The molecule has 1 aromatic heterocycles. The number of nitrogens with zero attached hydrogens (tertiary/aromatic N) is 1. The molecule has 1 unspecified atom stereocenters. The normalized spacial score (nSPS) is 19.2. The number of aliphatic carboxylic acids is 1. The standard InChI is InChI=1S/C18H18F2N2O5/c19-11-1-2-12(13(20)7-11)14-9-21-16(27-14)4-3-15(23)22-18(8-17(24)25)5-6-26-10-18/h1-2,7,9H,3-6,8,10H2,(H,22,23)(H,24,25). The summed E-state index contributed by atoms with van der Waals surface area (Å²) in [6, 6.07) is 3.10. The van der Waals surface area contributed by atoms with Crippen molar-refractivity contribution in [1.29, 1.82) is 0 Å². The zero-order valence-corrected chi connectivity index (χ0v) is 14.3. The van der Waals surface area contributed by atoms with Crippen molar-refractivity contribution in [3.05, 3.63) is 41.9 Å². The summed E-state index contributed by atoms with van der Waals surface area (Å²) in [5, 5.41) is 11.8. The minimum atomic E-state index is -1.01. The van der Waals surface area contributed by atoms with Gasteiger partial charge in [-0.15, -0.1) is 0 Å². The summed E-state index contributed by atoms with van der Waals surface area (Å²) in [5.74, 6) is -2.48. The Labute approximate surface area is 153 Å². The van der Waals surface area contributed by atoms with Crippen LogP contribution in [0.2, 0.25) is 0 Å². The lowest BCUT2D eigenvalue weighted by atomic mass is 9.94. The molecule has 1 fully saturated rings. The molecule has 2 aromatic rings. The van der Waals surface area contributed by atoms with E-state index in [0.29, 0.717) is 13.0 Å². The van der Waals surface area contributed by atoms with Gasteiger partial charge < -0.3 is 19.6 Å². The van der Waals surface area contributed by atoms with Gasteiger partial charge in [0.05, 0.1) is 30.3 Å². The van der Waals surface area contributed by atoms with E-state index >= 15 is 0 Å². The maximum Gasteiger partial charge on any atom is 0.305 e. The third-order valence-corrected chi connectivity index (χ3v) is 4.31. The van der Waals surface area contributed by atoms with Crippen LogP contribution in [0.4, 0.5) is 8.78 Å². The van der Waals surface area contributed by atoms with E-state index in [1.54, 1.807) is 0 Å². The highest BCUT2D eigenvalue weighted by molar-refractivity contribution is 5.78. The summed E-state index contributed by atoms with van der Waals surface area (Å²) >= 11 is 0. The number of ether oxygens (including phenoxy) is 1. The molecule has 9 heteroatoms. The van der Waals surface area contributed by atoms with Gasteiger partial charge >= 0.3 is 5.97 Å². The van der Waals surface area contributed by atoms with Gasteiger partial charge in [-0.3, -0.25) is 9.59 Å². The SMILES string of the molecule is O=C(O)CC1(NC(=O)CCc2ncc(-c3ccc(F)cc3F)o2)CCOC1. The van der Waals surface area contributed by atoms with E-state index in [1.807, 2.05) is 0 Å². The number of carbonyl (C=O) groups excluding carboxylic acids is 1. The second-order valence-corrected chi connectivity index (χ2v) is 6.44. The molecule has 7 nitrogen and oxygen atoms in total. The van der Waals surface area contributed by atoms with Crippen molar-refractivity contribution in [3.63, 3.8) is 0 Å². The minimum Gasteiger partial charge on any atom is -0.481 e. The van der Waals surface area contributed by atoms with Crippen molar-refractivity contribution in [2.24, 2.45) is 0 Å². The number of amides is 1. The van der Waals surface area contributed by atoms with Gasteiger partial charge in [-0.05, 0) is 18.6 Å². The number of nitrogens with one attached hydrogen (secondary N) is 1. The van der Waals surface area contributed by atoms with Gasteiger partial charge in [0.2, 0.25) is 5.91 Å². The first-order chi connectivity index (χ1) is 12.9. The summed E-state index contributed by atoms with van der Waals surface area (Å²) in [5.41, 5.74) is -0.829. The highest BCUT2D eigenvalue weighted by Gasteiger charge is 2.38. The number of aryl methyl sites for hydroxylation is 1. The number of carbonyl (C=O) groups is 2. The number of oxazole rings is 1. The van der Waals surface area contributed by atoms with E-state index in [1.165, 1.54) is 12.3 Å². The van der Waals surface area contributed by atoms with Gasteiger partial charge in [0.25, 0.3) is 0 Å². The topological polar surface area (TPSA) is 102 Å². The molecule has 1 aromatic carbocycles. The molecule has 1 aliphatic rings. The molecule has 1 atom stereocenters. The molecule has 1 amide bonds. The molecule has 1 aliphatic heterocycles. The molecule has 0 bridgehead atoms. The van der Waals surface area contributed by atoms with Crippen LogP contribution in [0.15, 0.2) is 28.8 Å². The van der Waals surface area contributed by atoms with Crippen molar-refractivity contribution < 1.29 is 32.6 Å². The Kier molecular flexibility index (Phi) is 5.50. The smallest absolute Gasteiger partial charge is 0.305 e. The van der Waals surface area contributed by atoms with Crippen LogP contribution in [0.3, 0.4) is 0 Å². The number of rotatable bonds is 7. The van der Waals surface area contributed by atoms with Gasteiger partial charge in [-0.25, -0.2) is 13.8 Å². The van der Waals surface area contributed by atoms with Crippen LogP contribution < -0.4 is 5.32 Å². The Morgan fingerprint density at radius 3 is 2.81 bits per heavy atom. The van der Waals surface area contributed by atoms with E-state index in [0.717, 1.165) is 12.1 Å². The van der Waals surface area contributed by atoms with Gasteiger partial charge in [0.1, 0.15) is 11.6 Å². The first-order valence-electron chi connectivity index (χ1n) is 8.38. The third-order valence-electron chi connectivity index (χ3n) is 4.31. The molecule has 0 saturated carbocycles. The van der Waals surface area contributed by atoms with E-state index in [4.69, 9.17) is 14.3 Å².